The van der Waals surface area contributed by atoms with Crippen LogP contribution in [0.5, 0.6) is 0 Å². The van der Waals surface area contributed by atoms with Gasteiger partial charge in [0.1, 0.15) is 0 Å². The Morgan fingerprint density at radius 1 is 1.20 bits per heavy atom. The summed E-state index contributed by atoms with van der Waals surface area (Å²) in [5.74, 6) is -0.0308. The normalized spacial score (nSPS) is 16.6. The predicted molar refractivity (Wildman–Crippen MR) is 121 cm³/mol. The first-order chi connectivity index (χ1) is 14.4. The van der Waals surface area contributed by atoms with Crippen LogP contribution in [0.1, 0.15) is 28.1 Å². The number of imidazole rings is 1. The Hall–Kier alpha value is -2.90. The van der Waals surface area contributed by atoms with Gasteiger partial charge in [0.05, 0.1) is 23.1 Å². The summed E-state index contributed by atoms with van der Waals surface area (Å²) in [6, 6.07) is 8.09. The first-order valence-electron chi connectivity index (χ1n) is 10.5. The molecule has 1 atom stereocenters. The first-order valence-corrected chi connectivity index (χ1v) is 10.5. The van der Waals surface area contributed by atoms with E-state index in [4.69, 9.17) is 4.98 Å². The second-order valence-electron chi connectivity index (χ2n) is 8.04. The molecule has 1 aliphatic heterocycles. The summed E-state index contributed by atoms with van der Waals surface area (Å²) in [6.45, 7) is 11.3. The van der Waals surface area contributed by atoms with E-state index >= 15 is 0 Å². The molecule has 3 heterocycles. The minimum Gasteiger partial charge on any atom is -0.378 e. The minimum atomic E-state index is -0.230. The van der Waals surface area contributed by atoms with Gasteiger partial charge in [0, 0.05) is 38.1 Å². The van der Waals surface area contributed by atoms with Gasteiger partial charge in [0.25, 0.3) is 0 Å². The van der Waals surface area contributed by atoms with Crippen LogP contribution >= 0.6 is 0 Å². The lowest BCUT2D eigenvalue weighted by Crippen LogP contribution is -2.54. The molecule has 2 aromatic heterocycles. The van der Waals surface area contributed by atoms with Crippen LogP contribution in [0.2, 0.25) is 0 Å². The molecular formula is C23H30N6O. The van der Waals surface area contributed by atoms with E-state index in [1.165, 1.54) is 16.7 Å². The molecule has 1 amide bonds. The van der Waals surface area contributed by atoms with Crippen LogP contribution < -0.4 is 21.3 Å². The summed E-state index contributed by atoms with van der Waals surface area (Å²) in [6.07, 6.45) is 1.95. The van der Waals surface area contributed by atoms with Gasteiger partial charge < -0.3 is 25.7 Å². The highest BCUT2D eigenvalue weighted by Gasteiger charge is 2.21. The quantitative estimate of drug-likeness (QED) is 0.524. The summed E-state index contributed by atoms with van der Waals surface area (Å²) in [5, 5.41) is 13.1. The summed E-state index contributed by atoms with van der Waals surface area (Å²) in [5.41, 5.74) is 8.37. The number of nitrogens with one attached hydrogen (secondary N) is 4. The Morgan fingerprint density at radius 2 is 1.97 bits per heavy atom. The van der Waals surface area contributed by atoms with Crippen molar-refractivity contribution in [1.29, 1.82) is 0 Å². The maximum atomic E-state index is 12.7. The molecule has 4 rings (SSSR count). The Morgan fingerprint density at radius 3 is 2.67 bits per heavy atom. The van der Waals surface area contributed by atoms with Gasteiger partial charge >= 0.3 is 0 Å². The van der Waals surface area contributed by atoms with Crippen molar-refractivity contribution in [2.24, 2.45) is 0 Å². The number of aryl methyl sites for hydroxylation is 4. The van der Waals surface area contributed by atoms with Crippen LogP contribution in [0.15, 0.2) is 30.5 Å². The molecule has 7 nitrogen and oxygen atoms in total. The van der Waals surface area contributed by atoms with Crippen LogP contribution in [-0.2, 0) is 11.3 Å². The number of amides is 1. The number of carbonyl (C=O) groups is 1. The number of fused-ring (bicyclic) bond motifs is 1. The van der Waals surface area contributed by atoms with Crippen molar-refractivity contribution in [3.05, 3.63) is 58.5 Å². The van der Waals surface area contributed by atoms with Gasteiger partial charge in [-0.3, -0.25) is 4.79 Å². The van der Waals surface area contributed by atoms with Crippen LogP contribution in [0.4, 0.5) is 11.4 Å². The number of rotatable bonds is 5. The van der Waals surface area contributed by atoms with Crippen LogP contribution in [-0.4, -0.2) is 41.0 Å². The van der Waals surface area contributed by atoms with Crippen molar-refractivity contribution in [3.8, 4) is 0 Å². The topological polar surface area (TPSA) is 82.5 Å². The van der Waals surface area contributed by atoms with Gasteiger partial charge in [0.15, 0.2) is 5.65 Å². The second kappa shape index (κ2) is 8.45. The van der Waals surface area contributed by atoms with Crippen molar-refractivity contribution in [3.63, 3.8) is 0 Å². The molecule has 158 valence electrons. The first kappa shape index (κ1) is 20.4. The van der Waals surface area contributed by atoms with Gasteiger partial charge in [-0.1, -0.05) is 18.2 Å². The molecule has 1 saturated heterocycles. The standard InChI is InChI=1S/C23H30N6O/c1-14-6-5-7-15(2)19(14)11-26-20-10-18(13-29-17(4)16(3)27-22(20)29)28-23(30)21-12-24-8-9-25-21/h5-7,10,13,21,24-26H,8-9,11-12H2,1-4H3,(H,28,30)/t21-/m1/s1. The number of nitrogens with zero attached hydrogens (tertiary/aromatic N) is 2. The third kappa shape index (κ3) is 4.04. The zero-order valence-corrected chi connectivity index (χ0v) is 18.1. The molecule has 4 N–H and O–H groups in total. The third-order valence-electron chi connectivity index (χ3n) is 5.92. The smallest absolute Gasteiger partial charge is 0.242 e. The molecule has 7 heteroatoms. The number of piperazine rings is 1. The zero-order valence-electron chi connectivity index (χ0n) is 18.1. The average molecular weight is 407 g/mol. The van der Waals surface area contributed by atoms with E-state index in [1.54, 1.807) is 0 Å². The molecule has 0 saturated carbocycles. The van der Waals surface area contributed by atoms with Gasteiger partial charge in [0.2, 0.25) is 5.91 Å². The Bertz CT molecular complexity index is 1060. The molecular weight excluding hydrogens is 376 g/mol. The van der Waals surface area contributed by atoms with Crippen molar-refractivity contribution in [1.82, 2.24) is 20.0 Å². The molecule has 3 aromatic rings. The van der Waals surface area contributed by atoms with Crippen molar-refractivity contribution < 1.29 is 4.79 Å². The number of hydrogen-bond acceptors (Lipinski definition) is 5. The molecule has 1 fully saturated rings. The van der Waals surface area contributed by atoms with Crippen LogP contribution in [0.3, 0.4) is 0 Å². The maximum Gasteiger partial charge on any atom is 0.242 e. The third-order valence-corrected chi connectivity index (χ3v) is 5.92. The highest BCUT2D eigenvalue weighted by atomic mass is 16.2. The molecule has 0 bridgehead atoms. The highest BCUT2D eigenvalue weighted by Crippen LogP contribution is 2.26. The maximum absolute atomic E-state index is 12.7. The molecule has 1 aromatic carbocycles. The van der Waals surface area contributed by atoms with Crippen molar-refractivity contribution in [2.45, 2.75) is 40.3 Å². The van der Waals surface area contributed by atoms with E-state index in [-0.39, 0.29) is 11.9 Å². The van der Waals surface area contributed by atoms with E-state index in [2.05, 4.69) is 53.3 Å². The molecule has 0 radical (unpaired) electrons. The Labute approximate surface area is 177 Å². The lowest BCUT2D eigenvalue weighted by molar-refractivity contribution is -0.118. The van der Waals surface area contributed by atoms with Crippen molar-refractivity contribution >= 4 is 22.9 Å². The fourth-order valence-corrected chi connectivity index (χ4v) is 3.95. The van der Waals surface area contributed by atoms with E-state index in [0.29, 0.717) is 13.1 Å². The summed E-state index contributed by atoms with van der Waals surface area (Å²) in [4.78, 5) is 17.5. The lowest BCUT2D eigenvalue weighted by atomic mass is 10.0. The van der Waals surface area contributed by atoms with E-state index < -0.39 is 0 Å². The molecule has 0 unspecified atom stereocenters. The molecule has 30 heavy (non-hydrogen) atoms. The average Bonchev–Trinajstić information content (AvgIpc) is 3.02. The number of carbonyl (C=O) groups excluding carboxylic acids is 1. The summed E-state index contributed by atoms with van der Waals surface area (Å²) < 4.78 is 2.05. The Kier molecular flexibility index (Phi) is 5.74. The number of anilines is 2. The zero-order chi connectivity index (χ0) is 21.3. The highest BCUT2D eigenvalue weighted by molar-refractivity contribution is 5.96. The van der Waals surface area contributed by atoms with Crippen LogP contribution in [0.25, 0.3) is 5.65 Å². The monoisotopic (exact) mass is 406 g/mol. The minimum absolute atomic E-state index is 0.0308. The van der Waals surface area contributed by atoms with Crippen LogP contribution in [0, 0.1) is 27.7 Å². The number of benzene rings is 1. The van der Waals surface area contributed by atoms with Gasteiger partial charge in [-0.05, 0) is 50.5 Å². The van der Waals surface area contributed by atoms with E-state index in [1.807, 2.05) is 30.5 Å². The Balaban J connectivity index is 1.64. The van der Waals surface area contributed by atoms with Gasteiger partial charge in [-0.15, -0.1) is 0 Å². The molecule has 0 aliphatic carbocycles. The predicted octanol–water partition coefficient (Wildman–Crippen LogP) is 2.68. The number of hydrogen-bond donors (Lipinski definition) is 4. The van der Waals surface area contributed by atoms with E-state index in [9.17, 15) is 4.79 Å². The largest absolute Gasteiger partial charge is 0.378 e. The lowest BCUT2D eigenvalue weighted by Gasteiger charge is -2.23. The summed E-state index contributed by atoms with van der Waals surface area (Å²) >= 11 is 0. The van der Waals surface area contributed by atoms with Crippen molar-refractivity contribution in [2.75, 3.05) is 30.3 Å². The fraction of sp³-hybridized carbons (Fsp3) is 0.391. The SMILES string of the molecule is Cc1cccc(C)c1CNc1cc(NC(=O)[C@H]2CNCCN2)cn2c(C)c(C)nc12. The summed E-state index contributed by atoms with van der Waals surface area (Å²) in [7, 11) is 0. The van der Waals surface area contributed by atoms with E-state index in [0.717, 1.165) is 41.5 Å². The fourth-order valence-electron chi connectivity index (χ4n) is 3.95. The second-order valence-corrected chi connectivity index (χ2v) is 8.04. The number of pyridine rings is 1. The molecule has 1 aliphatic rings. The molecule has 0 spiro atoms. The van der Waals surface area contributed by atoms with Gasteiger partial charge in [-0.2, -0.15) is 0 Å². The van der Waals surface area contributed by atoms with Gasteiger partial charge in [-0.25, -0.2) is 4.98 Å². The number of aromatic nitrogens is 2.